The summed E-state index contributed by atoms with van der Waals surface area (Å²) in [7, 11) is 0. The molecule has 0 fully saturated rings. The summed E-state index contributed by atoms with van der Waals surface area (Å²) in [5.74, 6) is 1.94. The second-order valence-electron chi connectivity index (χ2n) is 16.6. The van der Waals surface area contributed by atoms with E-state index in [0.29, 0.717) is 28.5 Å². The third kappa shape index (κ3) is 6.58. The van der Waals surface area contributed by atoms with E-state index in [1.54, 1.807) is 6.07 Å². The van der Waals surface area contributed by atoms with Gasteiger partial charge in [0, 0.05) is 32.7 Å². The molecular weight excluding hydrogens is 882 g/mol. The van der Waals surface area contributed by atoms with Crippen molar-refractivity contribution in [3.63, 3.8) is 0 Å². The summed E-state index contributed by atoms with van der Waals surface area (Å²) in [5, 5.41) is 11.5. The molecule has 0 amide bonds. The number of ether oxygens (including phenoxy) is 1. The molecule has 2 aromatic heterocycles. The van der Waals surface area contributed by atoms with Gasteiger partial charge in [0.15, 0.2) is 5.75 Å². The van der Waals surface area contributed by atoms with Crippen molar-refractivity contribution in [2.24, 2.45) is 5.41 Å². The normalized spacial score (nSPS) is 14.0. The average molecular weight is 924 g/mol. The van der Waals surface area contributed by atoms with Gasteiger partial charge in [-0.15, -0.1) is 35.9 Å². The van der Waals surface area contributed by atoms with Crippen LogP contribution in [0.5, 0.6) is 17.4 Å². The average Bonchev–Trinajstić information content (AvgIpc) is 3.90. The van der Waals surface area contributed by atoms with E-state index in [-0.39, 0.29) is 37.6 Å². The van der Waals surface area contributed by atoms with Crippen molar-refractivity contribution >= 4 is 11.0 Å². The second kappa shape index (κ2) is 14.3. The van der Waals surface area contributed by atoms with Gasteiger partial charge in [-0.3, -0.25) is 9.55 Å². The van der Waals surface area contributed by atoms with Crippen molar-refractivity contribution in [1.29, 1.82) is 0 Å². The molecule has 8 aromatic rings. The van der Waals surface area contributed by atoms with Crippen LogP contribution in [0.3, 0.4) is 0 Å². The molecule has 0 aliphatic heterocycles. The summed E-state index contributed by atoms with van der Waals surface area (Å²) >= 11 is 0. The van der Waals surface area contributed by atoms with Crippen LogP contribution in [-0.4, -0.2) is 19.6 Å². The van der Waals surface area contributed by atoms with Gasteiger partial charge in [-0.1, -0.05) is 111 Å². The van der Waals surface area contributed by atoms with Crippen LogP contribution in [0.15, 0.2) is 146 Å². The van der Waals surface area contributed by atoms with Gasteiger partial charge >= 0.3 is 0 Å². The van der Waals surface area contributed by atoms with Crippen LogP contribution < -0.4 is 4.74 Å². The molecule has 57 heavy (non-hydrogen) atoms. The molecule has 2 aliphatic rings. The molecule has 0 radical (unpaired) electrons. The molecule has 6 heteroatoms. The summed E-state index contributed by atoms with van der Waals surface area (Å²) in [5.41, 5.74) is 13.8. The van der Waals surface area contributed by atoms with Crippen molar-refractivity contribution in [2.45, 2.75) is 51.9 Å². The van der Waals surface area contributed by atoms with Gasteiger partial charge < -0.3 is 9.84 Å². The second-order valence-corrected chi connectivity index (χ2v) is 16.6. The summed E-state index contributed by atoms with van der Waals surface area (Å²) in [6.45, 7) is 6.55. The number of aromatic nitrogens is 3. The van der Waals surface area contributed by atoms with Crippen molar-refractivity contribution in [1.82, 2.24) is 14.5 Å². The van der Waals surface area contributed by atoms with Gasteiger partial charge in [-0.25, -0.2) is 4.98 Å². The van der Waals surface area contributed by atoms with E-state index in [4.69, 9.17) is 14.7 Å². The number of hydrogen-bond acceptors (Lipinski definition) is 4. The van der Waals surface area contributed by atoms with Crippen molar-refractivity contribution in [3.05, 3.63) is 179 Å². The first kappa shape index (κ1) is 36.8. The first-order valence-corrected chi connectivity index (χ1v) is 19.5. The minimum atomic E-state index is -0.136. The predicted octanol–water partition coefficient (Wildman–Crippen LogP) is 11.9. The van der Waals surface area contributed by atoms with E-state index >= 15 is 0 Å². The van der Waals surface area contributed by atoms with Crippen LogP contribution in [0.1, 0.15) is 48.6 Å². The largest absolute Gasteiger partial charge is 0.507 e. The van der Waals surface area contributed by atoms with E-state index in [2.05, 4.69) is 135 Å². The predicted molar refractivity (Wildman–Crippen MR) is 225 cm³/mol. The molecule has 2 heterocycles. The fourth-order valence-electron chi connectivity index (χ4n) is 9.04. The third-order valence-electron chi connectivity index (χ3n) is 11.7. The summed E-state index contributed by atoms with van der Waals surface area (Å²) in [4.78, 5) is 10.6. The van der Waals surface area contributed by atoms with Crippen LogP contribution in [0.25, 0.3) is 50.5 Å². The first-order chi connectivity index (χ1) is 27.2. The maximum absolute atomic E-state index is 11.5. The number of fused-ring (bicyclic) bond motifs is 3. The van der Waals surface area contributed by atoms with Gasteiger partial charge in [0.25, 0.3) is 0 Å². The Morgan fingerprint density at radius 1 is 0.684 bits per heavy atom. The Balaban J connectivity index is 0.00000422. The zero-order valence-corrected chi connectivity index (χ0v) is 34.5. The Bertz CT molecular complexity index is 2760. The number of pyridine rings is 1. The Morgan fingerprint density at radius 2 is 1.40 bits per heavy atom. The molecule has 284 valence electrons. The molecule has 0 saturated heterocycles. The number of hydrogen-bond donors (Lipinski definition) is 1. The Labute approximate surface area is 348 Å². The fraction of sp³-hybridized carbons (Fsp3) is 0.176. The van der Waals surface area contributed by atoms with E-state index in [1.165, 1.54) is 22.3 Å². The number of benzene rings is 6. The quantitative estimate of drug-likeness (QED) is 0.169. The third-order valence-corrected chi connectivity index (χ3v) is 11.7. The van der Waals surface area contributed by atoms with Crippen molar-refractivity contribution in [3.8, 4) is 56.8 Å². The first-order valence-electron chi connectivity index (χ1n) is 19.5. The molecule has 2 aliphatic carbocycles. The van der Waals surface area contributed by atoms with Crippen molar-refractivity contribution in [2.75, 3.05) is 0 Å². The van der Waals surface area contributed by atoms with Crippen LogP contribution >= 0.6 is 0 Å². The zero-order chi connectivity index (χ0) is 38.0. The monoisotopic (exact) mass is 923 g/mol. The smallest absolute Gasteiger partial charge is 0.210 e. The molecule has 10 rings (SSSR count). The number of phenolic OH excluding ortho intramolecular Hbond substituents is 1. The number of imidazole rings is 1. The molecule has 1 N–H and O–H groups in total. The number of rotatable bonds is 6. The van der Waals surface area contributed by atoms with Crippen LogP contribution in [0.2, 0.25) is 0 Å². The number of aromatic hydroxyl groups is 1. The summed E-state index contributed by atoms with van der Waals surface area (Å²) in [6, 6.07) is 53.3. The SMILES string of the molecule is CC(C)(C)c1ccc(O)c(-c2nc3c(Oc4cc5c(c(-c6[c-]cccc6)n4)CC4(Cc6ccccc6C4)C5)cccc3n2-c2ccccc2-c2ccccc2)c1.[Pt]. The zero-order valence-electron chi connectivity index (χ0n) is 32.2. The maximum atomic E-state index is 11.5. The number of phenols is 1. The van der Waals surface area contributed by atoms with Crippen LogP contribution in [0, 0.1) is 11.5 Å². The molecule has 0 bridgehead atoms. The Morgan fingerprint density at radius 3 is 2.16 bits per heavy atom. The molecule has 5 nitrogen and oxygen atoms in total. The Kier molecular flexibility index (Phi) is 9.25. The van der Waals surface area contributed by atoms with Gasteiger partial charge in [-0.05, 0) is 100 Å². The minimum Gasteiger partial charge on any atom is -0.507 e. The molecule has 0 unspecified atom stereocenters. The summed E-state index contributed by atoms with van der Waals surface area (Å²) in [6.07, 6.45) is 4.08. The van der Waals surface area contributed by atoms with E-state index in [9.17, 15) is 5.11 Å². The van der Waals surface area contributed by atoms with Crippen LogP contribution in [0.4, 0.5) is 0 Å². The molecule has 0 atom stereocenters. The molecule has 1 spiro atoms. The fourth-order valence-corrected chi connectivity index (χ4v) is 9.04. The summed E-state index contributed by atoms with van der Waals surface area (Å²) < 4.78 is 9.05. The van der Waals surface area contributed by atoms with E-state index in [1.807, 2.05) is 36.4 Å². The Hall–Kier alpha value is -5.77. The van der Waals surface area contributed by atoms with Crippen molar-refractivity contribution < 1.29 is 30.9 Å². The maximum Gasteiger partial charge on any atom is 0.210 e. The topological polar surface area (TPSA) is 60.2 Å². The van der Waals surface area contributed by atoms with Gasteiger partial charge in [0.05, 0.1) is 16.8 Å². The van der Waals surface area contributed by atoms with E-state index < -0.39 is 0 Å². The molecule has 6 aromatic carbocycles. The van der Waals surface area contributed by atoms with Gasteiger partial charge in [-0.2, -0.15) is 0 Å². The van der Waals surface area contributed by atoms with E-state index in [0.717, 1.165) is 64.8 Å². The number of nitrogens with zero attached hydrogens (tertiary/aromatic N) is 3. The number of para-hydroxylation sites is 2. The molecular formula is C51H42N3O2Pt-. The molecule has 0 saturated carbocycles. The van der Waals surface area contributed by atoms with Crippen LogP contribution in [-0.2, 0) is 52.2 Å². The van der Waals surface area contributed by atoms with Gasteiger partial charge in [0.1, 0.15) is 17.1 Å². The van der Waals surface area contributed by atoms with Gasteiger partial charge in [0.2, 0.25) is 5.88 Å². The standard InChI is InChI=1S/C51H42N3O2.Pt/c1-50(2,3)38-25-26-44(55)40(28-38)49-53-48-43(54(49)42-22-13-12-21-39(42)33-15-6-4-7-16-33)23-14-24-45(48)56-46-27-37-31-51(29-35-19-10-11-20-36(35)30-51)32-41(37)47(52-46)34-17-8-5-9-18-34;/h4-17,19-28,55H,29-32H2,1-3H3;/q-1;. The minimum absolute atomic E-state index is 0.